The molecule has 0 spiro atoms. The smallest absolute Gasteiger partial charge is 0.122 e. The molecular formula is C18H28O2. The van der Waals surface area contributed by atoms with Crippen LogP contribution in [0.3, 0.4) is 0 Å². The van der Waals surface area contributed by atoms with Crippen LogP contribution in [-0.4, -0.2) is 18.3 Å². The molecule has 1 aliphatic rings. The summed E-state index contributed by atoms with van der Waals surface area (Å²) in [5, 5.41) is 10.5. The van der Waals surface area contributed by atoms with Gasteiger partial charge < -0.3 is 9.84 Å². The van der Waals surface area contributed by atoms with Gasteiger partial charge in [0.25, 0.3) is 0 Å². The molecule has 0 amide bonds. The number of rotatable bonds is 6. The van der Waals surface area contributed by atoms with Gasteiger partial charge in [-0.25, -0.2) is 0 Å². The van der Waals surface area contributed by atoms with Crippen LogP contribution >= 0.6 is 0 Å². The van der Waals surface area contributed by atoms with Crippen LogP contribution in [0.25, 0.3) is 0 Å². The average Bonchev–Trinajstić information content (AvgIpc) is 2.49. The molecule has 1 atom stereocenters. The van der Waals surface area contributed by atoms with E-state index in [4.69, 9.17) is 4.74 Å². The van der Waals surface area contributed by atoms with Crippen molar-refractivity contribution in [2.45, 2.75) is 58.0 Å². The maximum Gasteiger partial charge on any atom is 0.122 e. The average molecular weight is 276 g/mol. The summed E-state index contributed by atoms with van der Waals surface area (Å²) < 4.78 is 5.37. The summed E-state index contributed by atoms with van der Waals surface area (Å²) in [6, 6.07) is 8.03. The summed E-state index contributed by atoms with van der Waals surface area (Å²) in [6.07, 6.45) is 8.08. The molecule has 1 aromatic rings. The molecule has 0 aromatic heterocycles. The van der Waals surface area contributed by atoms with E-state index < -0.39 is 0 Å². The largest absolute Gasteiger partial charge is 0.496 e. The lowest BCUT2D eigenvalue weighted by atomic mass is 9.77. The standard InChI is InChI=1S/C18H28O2/c1-3-6-14-9-11-15(12-10-14)17(19)13-16-7-4-5-8-18(16)20-2/h4-5,7-8,14-15,17,19H,3,6,9-13H2,1-2H3. The topological polar surface area (TPSA) is 29.5 Å². The minimum absolute atomic E-state index is 0.228. The van der Waals surface area contributed by atoms with E-state index in [2.05, 4.69) is 13.0 Å². The van der Waals surface area contributed by atoms with Crippen LogP contribution in [-0.2, 0) is 6.42 Å². The van der Waals surface area contributed by atoms with Gasteiger partial charge in [-0.05, 0) is 36.3 Å². The van der Waals surface area contributed by atoms with Gasteiger partial charge >= 0.3 is 0 Å². The molecule has 2 nitrogen and oxygen atoms in total. The fourth-order valence-electron chi connectivity index (χ4n) is 3.53. The van der Waals surface area contributed by atoms with Gasteiger partial charge in [-0.1, -0.05) is 50.8 Å². The van der Waals surface area contributed by atoms with Crippen molar-refractivity contribution < 1.29 is 9.84 Å². The van der Waals surface area contributed by atoms with Crippen molar-refractivity contribution in [2.75, 3.05) is 7.11 Å². The summed E-state index contributed by atoms with van der Waals surface area (Å²) in [4.78, 5) is 0. The number of hydrogen-bond donors (Lipinski definition) is 1. The summed E-state index contributed by atoms with van der Waals surface area (Å²) in [7, 11) is 1.70. The van der Waals surface area contributed by atoms with Crippen LogP contribution in [0.5, 0.6) is 5.75 Å². The molecule has 112 valence electrons. The predicted molar refractivity (Wildman–Crippen MR) is 83.1 cm³/mol. The van der Waals surface area contributed by atoms with Gasteiger partial charge in [0.15, 0.2) is 0 Å². The molecule has 20 heavy (non-hydrogen) atoms. The third-order valence-corrected chi connectivity index (χ3v) is 4.75. The lowest BCUT2D eigenvalue weighted by molar-refractivity contribution is 0.0723. The molecular weight excluding hydrogens is 248 g/mol. The van der Waals surface area contributed by atoms with Crippen molar-refractivity contribution in [3.8, 4) is 5.75 Å². The van der Waals surface area contributed by atoms with Crippen LogP contribution in [0.4, 0.5) is 0 Å². The van der Waals surface area contributed by atoms with Crippen molar-refractivity contribution in [3.63, 3.8) is 0 Å². The van der Waals surface area contributed by atoms with Crippen molar-refractivity contribution in [1.82, 2.24) is 0 Å². The molecule has 1 saturated carbocycles. The maximum absolute atomic E-state index is 10.5. The van der Waals surface area contributed by atoms with Crippen molar-refractivity contribution in [3.05, 3.63) is 29.8 Å². The molecule has 1 N–H and O–H groups in total. The van der Waals surface area contributed by atoms with Gasteiger partial charge in [0, 0.05) is 6.42 Å². The minimum atomic E-state index is -0.228. The second-order valence-electron chi connectivity index (χ2n) is 6.15. The van der Waals surface area contributed by atoms with Crippen molar-refractivity contribution in [1.29, 1.82) is 0 Å². The van der Waals surface area contributed by atoms with E-state index in [1.807, 2.05) is 18.2 Å². The van der Waals surface area contributed by atoms with Crippen LogP contribution < -0.4 is 4.74 Å². The highest BCUT2D eigenvalue weighted by Crippen LogP contribution is 2.34. The van der Waals surface area contributed by atoms with E-state index in [0.717, 1.165) is 17.2 Å². The van der Waals surface area contributed by atoms with Gasteiger partial charge in [-0.3, -0.25) is 0 Å². The van der Waals surface area contributed by atoms with Crippen molar-refractivity contribution in [2.24, 2.45) is 11.8 Å². The molecule has 1 fully saturated rings. The fourth-order valence-corrected chi connectivity index (χ4v) is 3.53. The molecule has 1 unspecified atom stereocenters. The summed E-state index contributed by atoms with van der Waals surface area (Å²) in [6.45, 7) is 2.27. The predicted octanol–water partition coefficient (Wildman–Crippen LogP) is 4.21. The Bertz CT molecular complexity index is 394. The highest BCUT2D eigenvalue weighted by atomic mass is 16.5. The van der Waals surface area contributed by atoms with Gasteiger partial charge in [-0.2, -0.15) is 0 Å². The van der Waals surface area contributed by atoms with E-state index in [1.54, 1.807) is 7.11 Å². The fraction of sp³-hybridized carbons (Fsp3) is 0.667. The van der Waals surface area contributed by atoms with Crippen LogP contribution in [0, 0.1) is 11.8 Å². The Morgan fingerprint density at radius 2 is 1.90 bits per heavy atom. The lowest BCUT2D eigenvalue weighted by Crippen LogP contribution is -2.27. The van der Waals surface area contributed by atoms with E-state index in [0.29, 0.717) is 12.3 Å². The van der Waals surface area contributed by atoms with Crippen molar-refractivity contribution >= 4 is 0 Å². The number of aliphatic hydroxyl groups is 1. The zero-order chi connectivity index (χ0) is 14.4. The van der Waals surface area contributed by atoms with Gasteiger partial charge in [0.05, 0.1) is 13.2 Å². The number of aliphatic hydroxyl groups excluding tert-OH is 1. The molecule has 0 aliphatic heterocycles. The Hall–Kier alpha value is -1.02. The third kappa shape index (κ3) is 3.99. The summed E-state index contributed by atoms with van der Waals surface area (Å²) in [5.74, 6) is 2.26. The monoisotopic (exact) mass is 276 g/mol. The van der Waals surface area contributed by atoms with Gasteiger partial charge in [-0.15, -0.1) is 0 Å². The van der Waals surface area contributed by atoms with Crippen LogP contribution in [0.1, 0.15) is 51.0 Å². The normalized spacial score (nSPS) is 24.4. The number of hydrogen-bond acceptors (Lipinski definition) is 2. The first-order chi connectivity index (χ1) is 9.74. The first-order valence-electron chi connectivity index (χ1n) is 8.04. The maximum atomic E-state index is 10.5. The Labute approximate surface area is 123 Å². The van der Waals surface area contributed by atoms with Gasteiger partial charge in [0.2, 0.25) is 0 Å². The molecule has 1 aliphatic carbocycles. The molecule has 2 rings (SSSR count). The zero-order valence-electron chi connectivity index (χ0n) is 12.8. The Balaban J connectivity index is 1.88. The molecule has 0 radical (unpaired) electrons. The lowest BCUT2D eigenvalue weighted by Gasteiger charge is -2.31. The van der Waals surface area contributed by atoms with E-state index in [-0.39, 0.29) is 6.10 Å². The van der Waals surface area contributed by atoms with E-state index in [9.17, 15) is 5.11 Å². The molecule has 0 bridgehead atoms. The first-order valence-corrected chi connectivity index (χ1v) is 8.04. The number of ether oxygens (including phenoxy) is 1. The summed E-state index contributed by atoms with van der Waals surface area (Å²) in [5.41, 5.74) is 1.12. The highest BCUT2D eigenvalue weighted by molar-refractivity contribution is 5.33. The number of benzene rings is 1. The first kappa shape index (κ1) is 15.4. The van der Waals surface area contributed by atoms with Gasteiger partial charge in [0.1, 0.15) is 5.75 Å². The zero-order valence-corrected chi connectivity index (χ0v) is 12.8. The second kappa shape index (κ2) is 7.68. The Morgan fingerprint density at radius 1 is 1.20 bits per heavy atom. The minimum Gasteiger partial charge on any atom is -0.496 e. The van der Waals surface area contributed by atoms with Crippen LogP contribution in [0.15, 0.2) is 24.3 Å². The Kier molecular flexibility index (Phi) is 5.90. The van der Waals surface area contributed by atoms with E-state index >= 15 is 0 Å². The Morgan fingerprint density at radius 3 is 2.55 bits per heavy atom. The SMILES string of the molecule is CCCC1CCC(C(O)Cc2ccccc2OC)CC1. The third-order valence-electron chi connectivity index (χ3n) is 4.75. The quantitative estimate of drug-likeness (QED) is 0.843. The van der Waals surface area contributed by atoms with E-state index in [1.165, 1.54) is 38.5 Å². The number of methoxy groups -OCH3 is 1. The molecule has 1 aromatic carbocycles. The number of para-hydroxylation sites is 1. The summed E-state index contributed by atoms with van der Waals surface area (Å²) >= 11 is 0. The van der Waals surface area contributed by atoms with Crippen LogP contribution in [0.2, 0.25) is 0 Å². The second-order valence-corrected chi connectivity index (χ2v) is 6.15. The molecule has 2 heteroatoms. The molecule has 0 saturated heterocycles. The highest BCUT2D eigenvalue weighted by Gasteiger charge is 2.26. The molecule has 0 heterocycles.